The van der Waals surface area contributed by atoms with E-state index in [2.05, 4.69) is 37.4 Å². The van der Waals surface area contributed by atoms with Gasteiger partial charge in [0.2, 0.25) is 0 Å². The number of fused-ring (bicyclic) bond motifs is 2. The van der Waals surface area contributed by atoms with E-state index < -0.39 is 0 Å². The Labute approximate surface area is 390 Å². The van der Waals surface area contributed by atoms with Gasteiger partial charge in [0.1, 0.15) is 33.0 Å². The fourth-order valence-corrected chi connectivity index (χ4v) is 6.99. The van der Waals surface area contributed by atoms with Gasteiger partial charge >= 0.3 is 12.0 Å². The van der Waals surface area contributed by atoms with Gasteiger partial charge in [-0.05, 0) is 87.7 Å². The number of carbonyl (C=O) groups excluding carboxylic acids is 2. The third-order valence-electron chi connectivity index (χ3n) is 9.88. The second-order valence-corrected chi connectivity index (χ2v) is 15.7. The third-order valence-corrected chi connectivity index (χ3v) is 9.88. The number of nitrogens with zero attached hydrogens (tertiary/aromatic N) is 1. The minimum Gasteiger partial charge on any atom is -0.487 e. The summed E-state index contributed by atoms with van der Waals surface area (Å²) in [7, 11) is 0. The minimum absolute atomic E-state index is 0.0897. The minimum atomic E-state index is -0.327. The Morgan fingerprint density at radius 2 is 0.848 bits per heavy atom. The molecule has 13 nitrogen and oxygen atoms in total. The molecule has 0 saturated carbocycles. The summed E-state index contributed by atoms with van der Waals surface area (Å²) in [5, 5.41) is 2.91. The van der Waals surface area contributed by atoms with Crippen LogP contribution >= 0.6 is 0 Å². The molecular weight excluding hydrogens is 841 g/mol. The number of amides is 2. The molecule has 0 unspecified atom stereocenters. The molecule has 0 atom stereocenters. The number of carbonyl (C=O) groups is 2. The van der Waals surface area contributed by atoms with Crippen LogP contribution in [-0.4, -0.2) is 103 Å². The zero-order valence-electron chi connectivity index (χ0n) is 39.1. The maximum Gasteiger partial charge on any atom is 0.338 e. The Bertz CT molecular complexity index is 2050. The lowest BCUT2D eigenvalue weighted by Crippen LogP contribution is -2.39. The summed E-state index contributed by atoms with van der Waals surface area (Å²) in [4.78, 5) is 26.9. The first-order valence-electron chi connectivity index (χ1n) is 22.6. The highest BCUT2D eigenvalue weighted by atomic mass is 16.6. The Kier molecular flexibility index (Phi) is 22.1. The summed E-state index contributed by atoms with van der Waals surface area (Å²) in [6, 6.07) is 34.9. The molecule has 0 aromatic heterocycles. The van der Waals surface area contributed by atoms with Crippen molar-refractivity contribution in [2.24, 2.45) is 0 Å². The van der Waals surface area contributed by atoms with Crippen molar-refractivity contribution in [3.63, 3.8) is 0 Å². The zero-order chi connectivity index (χ0) is 46.8. The summed E-state index contributed by atoms with van der Waals surface area (Å²) < 4.78 is 50.8. The molecule has 5 aromatic rings. The van der Waals surface area contributed by atoms with Gasteiger partial charge in [-0.3, -0.25) is 0 Å². The number of hydrogen-bond acceptors (Lipinski definition) is 11. The van der Waals surface area contributed by atoms with Crippen LogP contribution in [0.4, 0.5) is 4.79 Å². The average molecular weight is 907 g/mol. The molecule has 1 aliphatic heterocycles. The molecule has 0 bridgehead atoms. The maximum absolute atomic E-state index is 12.7. The molecule has 5 aromatic carbocycles. The molecule has 66 heavy (non-hydrogen) atoms. The number of benzene rings is 5. The summed E-state index contributed by atoms with van der Waals surface area (Å²) in [6.07, 6.45) is 0. The molecule has 2 amide bonds. The highest BCUT2D eigenvalue weighted by Gasteiger charge is 2.15. The second kappa shape index (κ2) is 28.7. The van der Waals surface area contributed by atoms with Gasteiger partial charge in [-0.25, -0.2) is 9.59 Å². The van der Waals surface area contributed by atoms with E-state index in [1.807, 2.05) is 117 Å². The number of esters is 1. The SMILES string of the molecule is CCNC(=O)N(Cc1ccc(COC(=O)c2cc(C)cc(C)c2)cc1)Cc1cc(C)cc(C)c1.c1ccc2c(c1)OCCOCCOCCOc1ccccc1OCCOCCOCCO2. The molecule has 1 N–H and O–H groups in total. The smallest absolute Gasteiger partial charge is 0.338 e. The Morgan fingerprint density at radius 1 is 0.485 bits per heavy atom. The van der Waals surface area contributed by atoms with Crippen molar-refractivity contribution in [1.82, 2.24) is 10.2 Å². The standard InChI is InChI=1S/C29H34N2O3.C24H32O8/c1-6-30-29(33)31(18-26-13-20(2)11-21(3)14-26)17-24-7-9-25(10-8-24)19-34-28(32)27-15-22(4)12-23(5)16-27;1-2-6-22-21(5-1)29-17-13-25-9-10-27-15-19-31-23-7-3-4-8-24(23)32-20-16-28-12-11-26-14-18-30-22/h7-16H,6,17-19H2,1-5H3,(H,30,33);1-8H,9-20H2. The monoisotopic (exact) mass is 906 g/mol. The molecule has 1 heterocycles. The molecule has 0 fully saturated rings. The topological polar surface area (TPSA) is 132 Å². The molecule has 13 heteroatoms. The van der Waals surface area contributed by atoms with Crippen molar-refractivity contribution in [3.8, 4) is 23.0 Å². The summed E-state index contributed by atoms with van der Waals surface area (Å²) >= 11 is 0. The van der Waals surface area contributed by atoms with Crippen molar-refractivity contribution < 1.29 is 52.2 Å². The van der Waals surface area contributed by atoms with Gasteiger partial charge in [0.05, 0.1) is 58.4 Å². The quantitative estimate of drug-likeness (QED) is 0.150. The van der Waals surface area contributed by atoms with Gasteiger partial charge in [-0.15, -0.1) is 0 Å². The van der Waals surface area contributed by atoms with Crippen LogP contribution in [0.1, 0.15) is 56.2 Å². The average Bonchev–Trinajstić information content (AvgIpc) is 3.30. The fraction of sp³-hybridized carbons (Fsp3) is 0.396. The largest absolute Gasteiger partial charge is 0.487 e. The van der Waals surface area contributed by atoms with Gasteiger partial charge in [-0.2, -0.15) is 0 Å². The van der Waals surface area contributed by atoms with Crippen molar-refractivity contribution in [2.45, 2.75) is 54.3 Å². The van der Waals surface area contributed by atoms with E-state index in [0.717, 1.165) is 27.8 Å². The number of para-hydroxylation sites is 4. The van der Waals surface area contributed by atoms with E-state index in [1.54, 1.807) is 0 Å². The summed E-state index contributed by atoms with van der Waals surface area (Å²) in [5.74, 6) is 2.40. The third kappa shape index (κ3) is 18.8. The van der Waals surface area contributed by atoms with Crippen LogP contribution in [0.5, 0.6) is 23.0 Å². The molecule has 0 saturated heterocycles. The second-order valence-electron chi connectivity index (χ2n) is 15.7. The number of aryl methyl sites for hydroxylation is 4. The first kappa shape index (κ1) is 50.9. The number of rotatable bonds is 8. The Hall–Kier alpha value is -6.12. The zero-order valence-corrected chi connectivity index (χ0v) is 39.1. The number of nitrogens with one attached hydrogen (secondary N) is 1. The number of ether oxygens (including phenoxy) is 9. The van der Waals surface area contributed by atoms with Crippen molar-refractivity contribution in [3.05, 3.63) is 154 Å². The maximum atomic E-state index is 12.7. The molecule has 0 spiro atoms. The lowest BCUT2D eigenvalue weighted by molar-refractivity contribution is 0.0223. The van der Waals surface area contributed by atoms with Crippen molar-refractivity contribution >= 4 is 12.0 Å². The van der Waals surface area contributed by atoms with Crippen LogP contribution < -0.4 is 24.3 Å². The van der Waals surface area contributed by atoms with E-state index in [9.17, 15) is 9.59 Å². The molecule has 1 aliphatic rings. The highest BCUT2D eigenvalue weighted by molar-refractivity contribution is 5.89. The normalized spacial score (nSPS) is 14.3. The summed E-state index contributed by atoms with van der Waals surface area (Å²) in [6.45, 7) is 17.3. The van der Waals surface area contributed by atoms with Gasteiger partial charge in [-0.1, -0.05) is 95.1 Å². The summed E-state index contributed by atoms with van der Waals surface area (Å²) in [5.41, 5.74) is 8.04. The predicted molar refractivity (Wildman–Crippen MR) is 254 cm³/mol. The first-order valence-corrected chi connectivity index (χ1v) is 22.6. The Balaban J connectivity index is 0.000000248. The van der Waals surface area contributed by atoms with Crippen LogP contribution in [0.25, 0.3) is 0 Å². The molecule has 0 radical (unpaired) electrons. The number of urea groups is 1. The number of hydrogen-bond donors (Lipinski definition) is 1. The van der Waals surface area contributed by atoms with Crippen LogP contribution in [0.3, 0.4) is 0 Å². The van der Waals surface area contributed by atoms with Crippen molar-refractivity contribution in [2.75, 3.05) is 85.8 Å². The molecule has 6 rings (SSSR count). The van der Waals surface area contributed by atoms with Gasteiger partial charge in [0.15, 0.2) is 23.0 Å². The van der Waals surface area contributed by atoms with Crippen LogP contribution in [0.2, 0.25) is 0 Å². The van der Waals surface area contributed by atoms with Gasteiger partial charge < -0.3 is 52.8 Å². The van der Waals surface area contributed by atoms with Crippen LogP contribution in [0, 0.1) is 27.7 Å². The van der Waals surface area contributed by atoms with E-state index in [-0.39, 0.29) is 18.6 Å². The van der Waals surface area contributed by atoms with Gasteiger partial charge in [0.25, 0.3) is 0 Å². The first-order chi connectivity index (χ1) is 32.2. The predicted octanol–water partition coefficient (Wildman–Crippen LogP) is 8.99. The molecule has 354 valence electrons. The van der Waals surface area contributed by atoms with E-state index in [4.69, 9.17) is 42.6 Å². The molecular formula is C53H66N2O11. The van der Waals surface area contributed by atoms with E-state index in [0.29, 0.717) is 127 Å². The van der Waals surface area contributed by atoms with Crippen LogP contribution in [0.15, 0.2) is 109 Å². The van der Waals surface area contributed by atoms with Gasteiger partial charge in [0, 0.05) is 19.6 Å². The highest BCUT2D eigenvalue weighted by Crippen LogP contribution is 2.27. The Morgan fingerprint density at radius 3 is 1.26 bits per heavy atom. The van der Waals surface area contributed by atoms with E-state index >= 15 is 0 Å². The molecule has 0 aliphatic carbocycles. The lowest BCUT2D eigenvalue weighted by atomic mass is 10.1. The van der Waals surface area contributed by atoms with E-state index in [1.165, 1.54) is 11.1 Å². The van der Waals surface area contributed by atoms with Crippen LogP contribution in [-0.2, 0) is 43.4 Å². The fourth-order valence-electron chi connectivity index (χ4n) is 6.99. The lowest BCUT2D eigenvalue weighted by Gasteiger charge is -2.24. The van der Waals surface area contributed by atoms with Crippen molar-refractivity contribution in [1.29, 1.82) is 0 Å².